The molecule has 124 valence electrons. The molecule has 1 aromatic carbocycles. The number of methoxy groups -OCH3 is 2. The third kappa shape index (κ3) is 3.71. The van der Waals surface area contributed by atoms with Gasteiger partial charge in [0.2, 0.25) is 11.8 Å². The normalized spacial score (nSPS) is 17.0. The van der Waals surface area contributed by atoms with Crippen molar-refractivity contribution in [3.05, 3.63) is 18.2 Å². The van der Waals surface area contributed by atoms with Gasteiger partial charge in [-0.15, -0.1) is 0 Å². The number of hydrogen-bond acceptors (Lipinski definition) is 5. The molecule has 2 rings (SSSR count). The van der Waals surface area contributed by atoms with Crippen molar-refractivity contribution in [1.82, 2.24) is 5.32 Å². The fourth-order valence-corrected chi connectivity index (χ4v) is 2.43. The average molecular weight is 322 g/mol. The van der Waals surface area contributed by atoms with E-state index in [9.17, 15) is 14.4 Å². The predicted octanol–water partition coefficient (Wildman–Crippen LogP) is 0.257. The highest BCUT2D eigenvalue weighted by atomic mass is 16.5. The van der Waals surface area contributed by atoms with E-state index in [1.54, 1.807) is 18.2 Å². The lowest BCUT2D eigenvalue weighted by atomic mass is 10.1. The molecule has 0 aromatic heterocycles. The van der Waals surface area contributed by atoms with Crippen LogP contribution in [0.15, 0.2) is 18.2 Å². The van der Waals surface area contributed by atoms with E-state index >= 15 is 0 Å². The van der Waals surface area contributed by atoms with Gasteiger partial charge in [0.25, 0.3) is 0 Å². The smallest absolute Gasteiger partial charge is 0.322 e. The lowest BCUT2D eigenvalue weighted by Crippen LogP contribution is -2.36. The summed E-state index contributed by atoms with van der Waals surface area (Å²) in [6, 6.07) is 5.04. The van der Waals surface area contributed by atoms with E-state index < -0.39 is 24.3 Å². The molecule has 0 spiro atoms. The number of anilines is 1. The van der Waals surface area contributed by atoms with Crippen molar-refractivity contribution in [3.63, 3.8) is 0 Å². The van der Waals surface area contributed by atoms with Crippen LogP contribution in [0.3, 0.4) is 0 Å². The molecule has 2 N–H and O–H groups in total. The number of aliphatic carboxylic acids is 1. The topological polar surface area (TPSA) is 105 Å². The summed E-state index contributed by atoms with van der Waals surface area (Å²) < 4.78 is 10.4. The molecule has 1 heterocycles. The number of nitrogens with zero attached hydrogens (tertiary/aromatic N) is 1. The van der Waals surface area contributed by atoms with E-state index in [4.69, 9.17) is 14.6 Å². The summed E-state index contributed by atoms with van der Waals surface area (Å²) in [5.41, 5.74) is 0.548. The van der Waals surface area contributed by atoms with Gasteiger partial charge in [0.15, 0.2) is 0 Å². The van der Waals surface area contributed by atoms with E-state index in [-0.39, 0.29) is 18.9 Å². The number of benzene rings is 1. The molecule has 2 amide bonds. The summed E-state index contributed by atoms with van der Waals surface area (Å²) in [5, 5.41) is 10.9. The van der Waals surface area contributed by atoms with Crippen LogP contribution in [-0.4, -0.2) is 50.2 Å². The Morgan fingerprint density at radius 3 is 2.70 bits per heavy atom. The molecule has 23 heavy (non-hydrogen) atoms. The molecular weight excluding hydrogens is 304 g/mol. The zero-order valence-electron chi connectivity index (χ0n) is 12.9. The molecule has 1 aliphatic heterocycles. The lowest BCUT2D eigenvalue weighted by Gasteiger charge is -2.20. The predicted molar refractivity (Wildman–Crippen MR) is 80.7 cm³/mol. The van der Waals surface area contributed by atoms with Gasteiger partial charge in [-0.05, 0) is 12.1 Å². The zero-order chi connectivity index (χ0) is 17.0. The minimum Gasteiger partial charge on any atom is -0.497 e. The van der Waals surface area contributed by atoms with Crippen molar-refractivity contribution >= 4 is 23.5 Å². The fraction of sp³-hybridized carbons (Fsp3) is 0.400. The minimum absolute atomic E-state index is 0.0284. The Morgan fingerprint density at radius 2 is 2.09 bits per heavy atom. The molecule has 8 heteroatoms. The number of amides is 2. The van der Waals surface area contributed by atoms with Crippen LogP contribution in [0.5, 0.6) is 11.5 Å². The highest BCUT2D eigenvalue weighted by Crippen LogP contribution is 2.35. The molecule has 0 radical (unpaired) electrons. The largest absolute Gasteiger partial charge is 0.497 e. The Hall–Kier alpha value is -2.77. The first-order valence-electron chi connectivity index (χ1n) is 6.98. The number of carboxylic acids is 1. The molecule has 0 saturated carbocycles. The third-order valence-corrected chi connectivity index (χ3v) is 3.59. The van der Waals surface area contributed by atoms with Crippen LogP contribution in [0, 0.1) is 5.92 Å². The number of carbonyl (C=O) groups excluding carboxylic acids is 2. The summed E-state index contributed by atoms with van der Waals surface area (Å²) in [6.45, 7) is -0.289. The second-order valence-electron chi connectivity index (χ2n) is 5.05. The van der Waals surface area contributed by atoms with Gasteiger partial charge in [-0.25, -0.2) is 0 Å². The molecule has 0 aliphatic carbocycles. The van der Waals surface area contributed by atoms with E-state index in [0.29, 0.717) is 17.2 Å². The molecule has 0 bridgehead atoms. The standard InChI is InChI=1S/C15H18N2O6/c1-22-10-3-4-11(12(6-10)23-2)17-8-9(5-13(17)18)15(21)16-7-14(19)20/h3-4,6,9H,5,7-8H2,1-2H3,(H,16,21)(H,19,20)/t9-/m1/s1. The monoisotopic (exact) mass is 322 g/mol. The first-order chi connectivity index (χ1) is 11.0. The van der Waals surface area contributed by atoms with Crippen LogP contribution < -0.4 is 19.7 Å². The van der Waals surface area contributed by atoms with Gasteiger partial charge >= 0.3 is 5.97 Å². The Bertz CT molecular complexity index is 630. The van der Waals surface area contributed by atoms with E-state index in [1.807, 2.05) is 0 Å². The number of carboxylic acid groups (broad SMARTS) is 1. The van der Waals surface area contributed by atoms with Crippen molar-refractivity contribution in [3.8, 4) is 11.5 Å². The molecule has 1 aliphatic rings. The van der Waals surface area contributed by atoms with Crippen LogP contribution in [0.1, 0.15) is 6.42 Å². The number of nitrogens with one attached hydrogen (secondary N) is 1. The van der Waals surface area contributed by atoms with Gasteiger partial charge in [-0.2, -0.15) is 0 Å². The number of ether oxygens (including phenoxy) is 2. The first-order valence-corrected chi connectivity index (χ1v) is 6.98. The van der Waals surface area contributed by atoms with E-state index in [1.165, 1.54) is 19.1 Å². The van der Waals surface area contributed by atoms with Crippen LogP contribution in [0.2, 0.25) is 0 Å². The SMILES string of the molecule is COc1ccc(N2C[C@H](C(=O)NCC(=O)O)CC2=O)c(OC)c1. The van der Waals surface area contributed by atoms with Crippen molar-refractivity contribution < 1.29 is 29.0 Å². The van der Waals surface area contributed by atoms with Crippen molar-refractivity contribution in [2.24, 2.45) is 5.92 Å². The van der Waals surface area contributed by atoms with Crippen LogP contribution in [0.25, 0.3) is 0 Å². The highest BCUT2D eigenvalue weighted by Gasteiger charge is 2.36. The maximum Gasteiger partial charge on any atom is 0.322 e. The zero-order valence-corrected chi connectivity index (χ0v) is 12.9. The van der Waals surface area contributed by atoms with Crippen LogP contribution in [0.4, 0.5) is 5.69 Å². The number of rotatable bonds is 6. The maximum absolute atomic E-state index is 12.2. The quantitative estimate of drug-likeness (QED) is 0.778. The van der Waals surface area contributed by atoms with Crippen LogP contribution >= 0.6 is 0 Å². The van der Waals surface area contributed by atoms with Gasteiger partial charge in [0.1, 0.15) is 18.0 Å². The molecule has 1 saturated heterocycles. The maximum atomic E-state index is 12.2. The van der Waals surface area contributed by atoms with Crippen molar-refractivity contribution in [2.45, 2.75) is 6.42 Å². The van der Waals surface area contributed by atoms with Gasteiger partial charge < -0.3 is 24.8 Å². The van der Waals surface area contributed by atoms with Gasteiger partial charge in [-0.3, -0.25) is 14.4 Å². The highest BCUT2D eigenvalue weighted by molar-refractivity contribution is 6.01. The molecule has 0 unspecified atom stereocenters. The average Bonchev–Trinajstić information content (AvgIpc) is 2.93. The molecular formula is C15H18N2O6. The van der Waals surface area contributed by atoms with Crippen molar-refractivity contribution in [2.75, 3.05) is 32.2 Å². The molecule has 8 nitrogen and oxygen atoms in total. The summed E-state index contributed by atoms with van der Waals surface area (Å²) in [7, 11) is 3.01. The number of carbonyl (C=O) groups is 3. The second-order valence-corrected chi connectivity index (χ2v) is 5.05. The molecule has 1 aromatic rings. The summed E-state index contributed by atoms with van der Waals surface area (Å²) in [4.78, 5) is 36.1. The molecule has 1 fully saturated rings. The minimum atomic E-state index is -1.13. The molecule has 1 atom stereocenters. The van der Waals surface area contributed by atoms with E-state index in [0.717, 1.165) is 0 Å². The first kappa shape index (κ1) is 16.6. The second kappa shape index (κ2) is 6.99. The van der Waals surface area contributed by atoms with E-state index in [2.05, 4.69) is 5.32 Å². The van der Waals surface area contributed by atoms with Gasteiger partial charge in [0, 0.05) is 19.0 Å². The third-order valence-electron chi connectivity index (χ3n) is 3.59. The Kier molecular flexibility index (Phi) is 5.05. The Labute approximate surface area is 133 Å². The fourth-order valence-electron chi connectivity index (χ4n) is 2.43. The van der Waals surface area contributed by atoms with Crippen molar-refractivity contribution in [1.29, 1.82) is 0 Å². The van der Waals surface area contributed by atoms with Gasteiger partial charge in [0.05, 0.1) is 25.8 Å². The lowest BCUT2D eigenvalue weighted by molar-refractivity contribution is -0.138. The van der Waals surface area contributed by atoms with Gasteiger partial charge in [-0.1, -0.05) is 0 Å². The Balaban J connectivity index is 2.14. The summed E-state index contributed by atoms with van der Waals surface area (Å²) >= 11 is 0. The summed E-state index contributed by atoms with van der Waals surface area (Å²) in [5.74, 6) is -1.33. The summed E-state index contributed by atoms with van der Waals surface area (Å²) in [6.07, 6.45) is 0.0284. The Morgan fingerprint density at radius 1 is 1.35 bits per heavy atom. The van der Waals surface area contributed by atoms with Crippen LogP contribution in [-0.2, 0) is 14.4 Å². The number of hydrogen-bond donors (Lipinski definition) is 2.